The molecule has 2 saturated heterocycles. The minimum atomic E-state index is -0.627. The van der Waals surface area contributed by atoms with Crippen LogP contribution in [0.4, 0.5) is 10.1 Å². The number of rotatable bonds is 8. The number of phenolic OH excluding ortho intramolecular Hbond substituents is 1. The van der Waals surface area contributed by atoms with E-state index in [9.17, 15) is 19.1 Å². The fraction of sp³-hybridized carbons (Fsp3) is 0.419. The summed E-state index contributed by atoms with van der Waals surface area (Å²) < 4.78 is 20.1. The highest BCUT2D eigenvalue weighted by molar-refractivity contribution is 6.22. The van der Waals surface area contributed by atoms with E-state index in [2.05, 4.69) is 13.8 Å². The number of ether oxygens (including phenoxy) is 1. The first-order valence-corrected chi connectivity index (χ1v) is 13.4. The lowest BCUT2D eigenvalue weighted by molar-refractivity contribution is -0.122. The quantitative estimate of drug-likeness (QED) is 0.333. The fourth-order valence-electron chi connectivity index (χ4n) is 6.36. The van der Waals surface area contributed by atoms with E-state index >= 15 is 0 Å². The predicted octanol–water partition coefficient (Wildman–Crippen LogP) is 6.43. The molecule has 2 amide bonds. The van der Waals surface area contributed by atoms with Gasteiger partial charge in [-0.05, 0) is 67.5 Å². The molecule has 37 heavy (non-hydrogen) atoms. The van der Waals surface area contributed by atoms with Crippen LogP contribution < -0.4 is 4.90 Å². The molecular weight excluding hydrogens is 469 g/mol. The van der Waals surface area contributed by atoms with Crippen molar-refractivity contribution in [1.82, 2.24) is 0 Å². The number of allylic oxidation sites excluding steroid dienone is 2. The van der Waals surface area contributed by atoms with Crippen molar-refractivity contribution in [2.24, 2.45) is 17.8 Å². The summed E-state index contributed by atoms with van der Waals surface area (Å²) in [6, 6.07) is 13.7. The molecule has 3 aliphatic rings. The van der Waals surface area contributed by atoms with Crippen molar-refractivity contribution in [2.75, 3.05) is 11.5 Å². The molecule has 1 aliphatic carbocycles. The SMILES string of the molecule is CCCC1=C2[C@@H](CC/C(=C/c3ccc(O)c(F)c3)CC)OC[C@@H]2[C@@H]2C(=O)N(c3ccccc3)C(=O)[C@@H]2C1. The summed E-state index contributed by atoms with van der Waals surface area (Å²) in [5.74, 6) is -1.91. The summed E-state index contributed by atoms with van der Waals surface area (Å²) in [7, 11) is 0. The lowest BCUT2D eigenvalue weighted by atomic mass is 9.68. The zero-order valence-electron chi connectivity index (χ0n) is 21.5. The van der Waals surface area contributed by atoms with Gasteiger partial charge in [0.25, 0.3) is 0 Å². The third-order valence-electron chi connectivity index (χ3n) is 8.10. The molecule has 5 rings (SSSR count). The van der Waals surface area contributed by atoms with Crippen molar-refractivity contribution in [2.45, 2.75) is 58.5 Å². The minimum Gasteiger partial charge on any atom is -0.505 e. The maximum absolute atomic E-state index is 13.8. The molecule has 0 spiro atoms. The first-order valence-electron chi connectivity index (χ1n) is 13.4. The Bertz CT molecular complexity index is 1250. The molecule has 0 radical (unpaired) electrons. The zero-order valence-corrected chi connectivity index (χ0v) is 21.5. The molecule has 0 saturated carbocycles. The fourth-order valence-corrected chi connectivity index (χ4v) is 6.36. The summed E-state index contributed by atoms with van der Waals surface area (Å²) in [5.41, 5.74) is 5.07. The van der Waals surface area contributed by atoms with E-state index in [4.69, 9.17) is 4.74 Å². The number of benzene rings is 2. The van der Waals surface area contributed by atoms with Gasteiger partial charge in [0.1, 0.15) is 0 Å². The number of carbonyl (C=O) groups is 2. The number of nitrogens with zero attached hydrogens (tertiary/aromatic N) is 1. The van der Waals surface area contributed by atoms with Crippen LogP contribution >= 0.6 is 0 Å². The molecule has 4 atom stereocenters. The van der Waals surface area contributed by atoms with Crippen LogP contribution in [0.1, 0.15) is 57.9 Å². The molecule has 5 nitrogen and oxygen atoms in total. The number of fused-ring (bicyclic) bond motifs is 3. The molecule has 2 heterocycles. The molecule has 2 aromatic rings. The second-order valence-corrected chi connectivity index (χ2v) is 10.3. The van der Waals surface area contributed by atoms with Crippen molar-refractivity contribution in [3.05, 3.63) is 76.6 Å². The van der Waals surface area contributed by atoms with Crippen molar-refractivity contribution in [3.8, 4) is 5.75 Å². The molecule has 0 aromatic heterocycles. The third-order valence-corrected chi connectivity index (χ3v) is 8.10. The lowest BCUT2D eigenvalue weighted by Crippen LogP contribution is -2.34. The van der Waals surface area contributed by atoms with Crippen LogP contribution in [0.15, 0.2) is 65.3 Å². The van der Waals surface area contributed by atoms with Crippen LogP contribution in [0.2, 0.25) is 0 Å². The topological polar surface area (TPSA) is 66.8 Å². The van der Waals surface area contributed by atoms with Gasteiger partial charge >= 0.3 is 0 Å². The number of phenols is 1. The summed E-state index contributed by atoms with van der Waals surface area (Å²) in [4.78, 5) is 28.4. The van der Waals surface area contributed by atoms with E-state index < -0.39 is 5.82 Å². The van der Waals surface area contributed by atoms with Gasteiger partial charge in [-0.25, -0.2) is 4.39 Å². The highest BCUT2D eigenvalue weighted by Gasteiger charge is 2.57. The first kappa shape index (κ1) is 25.4. The Labute approximate surface area is 217 Å². The maximum atomic E-state index is 13.8. The van der Waals surface area contributed by atoms with Crippen molar-refractivity contribution in [1.29, 1.82) is 0 Å². The van der Waals surface area contributed by atoms with Crippen molar-refractivity contribution in [3.63, 3.8) is 0 Å². The number of amides is 2. The van der Waals surface area contributed by atoms with Gasteiger partial charge in [0.05, 0.1) is 30.2 Å². The van der Waals surface area contributed by atoms with E-state index in [1.54, 1.807) is 6.07 Å². The average Bonchev–Trinajstić information content (AvgIpc) is 3.43. The Hall–Kier alpha value is -3.25. The zero-order chi connectivity index (χ0) is 26.1. The van der Waals surface area contributed by atoms with Crippen LogP contribution in [-0.4, -0.2) is 29.6 Å². The van der Waals surface area contributed by atoms with Crippen LogP contribution in [0.5, 0.6) is 5.75 Å². The standard InChI is InChI=1S/C31H34FNO4/c1-3-8-21-17-23-29(31(36)33(30(23)35)22-9-6-5-7-10-22)24-18-37-27(28(21)24)14-12-19(4-2)15-20-11-13-26(34)25(32)16-20/h5-7,9-11,13,15-16,23-24,27,29,34H,3-4,8,12,14,17-18H2,1-2H3/b19-15+/t23-,24+,27-,29-/m1/s1. The minimum absolute atomic E-state index is 0.0595. The van der Waals surface area contributed by atoms with Gasteiger partial charge < -0.3 is 9.84 Å². The van der Waals surface area contributed by atoms with E-state index in [0.29, 0.717) is 18.7 Å². The van der Waals surface area contributed by atoms with Gasteiger partial charge in [-0.3, -0.25) is 14.5 Å². The molecule has 0 bridgehead atoms. The molecule has 2 aliphatic heterocycles. The number of anilines is 1. The molecule has 194 valence electrons. The highest BCUT2D eigenvalue weighted by Crippen LogP contribution is 2.51. The van der Waals surface area contributed by atoms with E-state index in [-0.39, 0.29) is 41.4 Å². The number of carbonyl (C=O) groups excluding carboxylic acids is 2. The molecule has 1 N–H and O–H groups in total. The highest BCUT2D eigenvalue weighted by atomic mass is 19.1. The summed E-state index contributed by atoms with van der Waals surface area (Å²) >= 11 is 0. The number of halogens is 1. The van der Waals surface area contributed by atoms with Crippen LogP contribution in [0.3, 0.4) is 0 Å². The van der Waals surface area contributed by atoms with E-state index in [0.717, 1.165) is 37.7 Å². The second-order valence-electron chi connectivity index (χ2n) is 10.3. The van der Waals surface area contributed by atoms with Crippen molar-refractivity contribution >= 4 is 23.6 Å². The number of imide groups is 1. The van der Waals surface area contributed by atoms with Gasteiger partial charge in [0, 0.05) is 5.92 Å². The normalized spacial score (nSPS) is 25.6. The number of hydrogen-bond donors (Lipinski definition) is 1. The third kappa shape index (κ3) is 4.75. The van der Waals surface area contributed by atoms with E-state index in [1.807, 2.05) is 36.4 Å². The molecule has 2 aromatic carbocycles. The maximum Gasteiger partial charge on any atom is 0.238 e. The Morgan fingerprint density at radius 3 is 2.59 bits per heavy atom. The summed E-state index contributed by atoms with van der Waals surface area (Å²) in [6.45, 7) is 4.69. The van der Waals surface area contributed by atoms with Crippen LogP contribution in [0, 0.1) is 23.6 Å². The first-order chi connectivity index (χ1) is 17.9. The van der Waals surface area contributed by atoms with Crippen LogP contribution in [-0.2, 0) is 14.3 Å². The van der Waals surface area contributed by atoms with Gasteiger partial charge in [-0.15, -0.1) is 0 Å². The van der Waals surface area contributed by atoms with E-state index in [1.165, 1.54) is 33.8 Å². The number of para-hydroxylation sites is 1. The Balaban J connectivity index is 1.37. The largest absolute Gasteiger partial charge is 0.505 e. The molecule has 2 fully saturated rings. The van der Waals surface area contributed by atoms with Gasteiger partial charge in [-0.2, -0.15) is 0 Å². The predicted molar refractivity (Wildman–Crippen MR) is 141 cm³/mol. The lowest BCUT2D eigenvalue weighted by Gasteiger charge is -2.32. The smallest absolute Gasteiger partial charge is 0.238 e. The monoisotopic (exact) mass is 503 g/mol. The van der Waals surface area contributed by atoms with Gasteiger partial charge in [0.2, 0.25) is 11.8 Å². The average molecular weight is 504 g/mol. The Morgan fingerprint density at radius 1 is 1.11 bits per heavy atom. The molecule has 6 heteroatoms. The Kier molecular flexibility index (Phi) is 7.29. The number of hydrogen-bond acceptors (Lipinski definition) is 4. The van der Waals surface area contributed by atoms with Gasteiger partial charge in [-0.1, -0.05) is 61.8 Å². The number of aromatic hydroxyl groups is 1. The van der Waals surface area contributed by atoms with Gasteiger partial charge in [0.15, 0.2) is 11.6 Å². The van der Waals surface area contributed by atoms with Crippen LogP contribution in [0.25, 0.3) is 6.08 Å². The van der Waals surface area contributed by atoms with Crippen molar-refractivity contribution < 1.29 is 23.8 Å². The summed E-state index contributed by atoms with van der Waals surface area (Å²) in [5, 5.41) is 9.48. The second kappa shape index (κ2) is 10.6. The Morgan fingerprint density at radius 2 is 1.89 bits per heavy atom. The summed E-state index contributed by atoms with van der Waals surface area (Å²) in [6.07, 6.45) is 6.80. The molecule has 0 unspecified atom stereocenters. The molecular formula is C31H34FNO4.